The number of tetrazole rings is 2. The minimum absolute atomic E-state index is 0.0653. The standard InChI is InChI=1S/C15H13N10O2/c1-27-15(26,14-19-21-23-25(14)12-6-2-3-8-17-12)9-13-18-20-22-24(13)11-5-4-7-16-10-11/h2-8,10H,9H2,1H3. The highest BCUT2D eigenvalue weighted by molar-refractivity contribution is 5.27. The van der Waals surface area contributed by atoms with Gasteiger partial charge in [0.25, 0.3) is 5.79 Å². The highest BCUT2D eigenvalue weighted by Crippen LogP contribution is 2.26. The lowest BCUT2D eigenvalue weighted by molar-refractivity contribution is -0.241. The molecule has 0 aliphatic rings. The Morgan fingerprint density at radius 1 is 1.04 bits per heavy atom. The first-order valence-corrected chi connectivity index (χ1v) is 7.85. The number of hydrogen-bond acceptors (Lipinski definition) is 9. The van der Waals surface area contributed by atoms with E-state index in [1.165, 1.54) is 16.5 Å². The smallest absolute Gasteiger partial charge is 0.271 e. The Balaban J connectivity index is 1.72. The zero-order valence-corrected chi connectivity index (χ0v) is 14.1. The van der Waals surface area contributed by atoms with E-state index in [4.69, 9.17) is 4.74 Å². The molecule has 0 spiro atoms. The molecule has 0 fully saturated rings. The van der Waals surface area contributed by atoms with Crippen molar-refractivity contribution in [1.82, 2.24) is 50.4 Å². The molecule has 4 rings (SSSR count). The quantitative estimate of drug-likeness (QED) is 0.428. The second-order valence-corrected chi connectivity index (χ2v) is 5.45. The molecule has 0 bridgehead atoms. The molecule has 4 aromatic heterocycles. The van der Waals surface area contributed by atoms with E-state index in [0.717, 1.165) is 0 Å². The van der Waals surface area contributed by atoms with E-state index >= 15 is 0 Å². The van der Waals surface area contributed by atoms with E-state index in [2.05, 4.69) is 41.0 Å². The topological polar surface area (TPSA) is 142 Å². The van der Waals surface area contributed by atoms with Crippen molar-refractivity contribution in [2.75, 3.05) is 7.11 Å². The molecule has 12 heteroatoms. The Bertz CT molecular complexity index is 1020. The van der Waals surface area contributed by atoms with E-state index in [1.807, 2.05) is 0 Å². The molecule has 135 valence electrons. The van der Waals surface area contributed by atoms with Crippen LogP contribution in [0.4, 0.5) is 0 Å². The van der Waals surface area contributed by atoms with Gasteiger partial charge in [-0.25, -0.2) is 4.98 Å². The highest BCUT2D eigenvalue weighted by Gasteiger charge is 2.41. The first-order valence-electron chi connectivity index (χ1n) is 7.85. The molecule has 0 amide bonds. The molecular formula is C15H13N10O2. The van der Waals surface area contributed by atoms with Crippen LogP contribution in [0.25, 0.3) is 11.5 Å². The summed E-state index contributed by atoms with van der Waals surface area (Å²) in [4.78, 5) is 8.20. The van der Waals surface area contributed by atoms with Crippen LogP contribution in [0.3, 0.4) is 0 Å². The van der Waals surface area contributed by atoms with Gasteiger partial charge in [-0.15, -0.1) is 10.2 Å². The van der Waals surface area contributed by atoms with E-state index in [9.17, 15) is 5.11 Å². The molecule has 12 nitrogen and oxygen atoms in total. The molecule has 27 heavy (non-hydrogen) atoms. The summed E-state index contributed by atoms with van der Waals surface area (Å²) in [5.74, 6) is -1.54. The number of hydrogen-bond donors (Lipinski definition) is 0. The molecule has 1 atom stereocenters. The Kier molecular flexibility index (Phi) is 4.32. The maximum atomic E-state index is 13.4. The Morgan fingerprint density at radius 3 is 2.63 bits per heavy atom. The Morgan fingerprint density at radius 2 is 1.89 bits per heavy atom. The van der Waals surface area contributed by atoms with E-state index in [-0.39, 0.29) is 18.1 Å². The fraction of sp³-hybridized carbons (Fsp3) is 0.200. The van der Waals surface area contributed by atoms with Gasteiger partial charge in [0.05, 0.1) is 18.3 Å². The third-order valence-electron chi connectivity index (χ3n) is 3.82. The summed E-state index contributed by atoms with van der Waals surface area (Å²) in [5.41, 5.74) is 0.611. The first kappa shape index (κ1) is 16.8. The van der Waals surface area contributed by atoms with Gasteiger partial charge >= 0.3 is 0 Å². The fourth-order valence-electron chi connectivity index (χ4n) is 2.50. The first-order chi connectivity index (χ1) is 13.2. The van der Waals surface area contributed by atoms with Gasteiger partial charge in [0.2, 0.25) is 5.82 Å². The highest BCUT2D eigenvalue weighted by atomic mass is 16.6. The Hall–Kier alpha value is -3.64. The number of methoxy groups -OCH3 is 1. The third-order valence-corrected chi connectivity index (χ3v) is 3.82. The summed E-state index contributed by atoms with van der Waals surface area (Å²) in [7, 11) is 1.28. The van der Waals surface area contributed by atoms with Crippen LogP contribution in [0, 0.1) is 0 Å². The van der Waals surface area contributed by atoms with Gasteiger partial charge in [0.15, 0.2) is 11.6 Å². The minimum atomic E-state index is -2.14. The molecule has 0 aliphatic carbocycles. The summed E-state index contributed by atoms with van der Waals surface area (Å²) >= 11 is 0. The van der Waals surface area contributed by atoms with Gasteiger partial charge in [-0.2, -0.15) is 14.5 Å². The summed E-state index contributed by atoms with van der Waals surface area (Å²) in [6.07, 6.45) is 4.56. The molecule has 1 radical (unpaired) electrons. The number of pyridine rings is 2. The second-order valence-electron chi connectivity index (χ2n) is 5.45. The van der Waals surface area contributed by atoms with Crippen LogP contribution < -0.4 is 0 Å². The van der Waals surface area contributed by atoms with Crippen LogP contribution in [0.1, 0.15) is 11.6 Å². The van der Waals surface area contributed by atoms with Crippen LogP contribution in [0.15, 0.2) is 48.9 Å². The molecule has 1 unspecified atom stereocenters. The Labute approximate surface area is 152 Å². The molecule has 0 saturated carbocycles. The van der Waals surface area contributed by atoms with Crippen molar-refractivity contribution in [2.24, 2.45) is 0 Å². The van der Waals surface area contributed by atoms with Gasteiger partial charge in [-0.3, -0.25) is 4.98 Å². The van der Waals surface area contributed by atoms with Gasteiger partial charge in [-0.1, -0.05) is 6.07 Å². The van der Waals surface area contributed by atoms with Gasteiger partial charge in [0.1, 0.15) is 0 Å². The summed E-state index contributed by atoms with van der Waals surface area (Å²) < 4.78 is 7.88. The van der Waals surface area contributed by atoms with Crippen molar-refractivity contribution in [2.45, 2.75) is 12.2 Å². The monoisotopic (exact) mass is 365 g/mol. The van der Waals surface area contributed by atoms with Crippen LogP contribution in [0.5, 0.6) is 0 Å². The number of aromatic nitrogens is 10. The number of nitrogens with zero attached hydrogens (tertiary/aromatic N) is 10. The lowest BCUT2D eigenvalue weighted by atomic mass is 10.1. The van der Waals surface area contributed by atoms with Crippen LogP contribution >= 0.6 is 0 Å². The minimum Gasteiger partial charge on any atom is -0.344 e. The number of ether oxygens (including phenoxy) is 1. The number of rotatable bonds is 6. The van der Waals surface area contributed by atoms with Crippen molar-refractivity contribution < 1.29 is 9.84 Å². The van der Waals surface area contributed by atoms with Crippen molar-refractivity contribution in [3.05, 3.63) is 60.6 Å². The molecule has 4 aromatic rings. The van der Waals surface area contributed by atoms with E-state index in [1.54, 1.807) is 48.9 Å². The molecule has 0 N–H and O–H groups in total. The molecular weight excluding hydrogens is 352 g/mol. The third kappa shape index (κ3) is 3.14. The summed E-state index contributed by atoms with van der Waals surface area (Å²) in [6, 6.07) is 8.69. The summed E-state index contributed by atoms with van der Waals surface area (Å²) in [5, 5.41) is 36.2. The maximum Gasteiger partial charge on any atom is 0.271 e. The zero-order chi connectivity index (χ0) is 18.7. The van der Waals surface area contributed by atoms with Crippen molar-refractivity contribution in [1.29, 1.82) is 0 Å². The summed E-state index contributed by atoms with van der Waals surface area (Å²) in [6.45, 7) is 0. The lowest BCUT2D eigenvalue weighted by Crippen LogP contribution is -2.34. The fourth-order valence-corrected chi connectivity index (χ4v) is 2.50. The molecule has 0 saturated heterocycles. The van der Waals surface area contributed by atoms with Crippen LogP contribution in [-0.4, -0.2) is 57.5 Å². The van der Waals surface area contributed by atoms with Gasteiger partial charge in [-0.05, 0) is 45.1 Å². The van der Waals surface area contributed by atoms with Crippen molar-refractivity contribution in [3.63, 3.8) is 0 Å². The largest absolute Gasteiger partial charge is 0.344 e. The van der Waals surface area contributed by atoms with Crippen molar-refractivity contribution >= 4 is 0 Å². The van der Waals surface area contributed by atoms with E-state index in [0.29, 0.717) is 11.5 Å². The SMILES string of the molecule is COC([O])(Cc1nnnn1-c1cccnc1)c1nnnn1-c1ccccn1. The average Bonchev–Trinajstić information content (AvgIpc) is 3.39. The molecule has 0 aromatic carbocycles. The molecule has 4 heterocycles. The van der Waals surface area contributed by atoms with E-state index < -0.39 is 5.79 Å². The predicted octanol–water partition coefficient (Wildman–Crippen LogP) is -0.0996. The molecule has 0 aliphatic heterocycles. The van der Waals surface area contributed by atoms with Gasteiger partial charge in [0, 0.05) is 19.5 Å². The maximum absolute atomic E-state index is 13.4. The zero-order valence-electron chi connectivity index (χ0n) is 14.1. The predicted molar refractivity (Wildman–Crippen MR) is 87.0 cm³/mol. The normalized spacial score (nSPS) is 13.4. The second kappa shape index (κ2) is 6.93. The van der Waals surface area contributed by atoms with Crippen LogP contribution in [-0.2, 0) is 22.1 Å². The van der Waals surface area contributed by atoms with Crippen molar-refractivity contribution in [3.8, 4) is 11.5 Å². The average molecular weight is 365 g/mol. The lowest BCUT2D eigenvalue weighted by Gasteiger charge is -2.21. The van der Waals surface area contributed by atoms with Crippen LogP contribution in [0.2, 0.25) is 0 Å². The van der Waals surface area contributed by atoms with Gasteiger partial charge < -0.3 is 4.74 Å².